The Balaban J connectivity index is 1.04. The number of nitrogens with zero attached hydrogens (tertiary/aromatic N) is 4. The van der Waals surface area contributed by atoms with Crippen LogP contribution in [0.1, 0.15) is 22.3 Å². The summed E-state index contributed by atoms with van der Waals surface area (Å²) in [6.07, 6.45) is 0. The van der Waals surface area contributed by atoms with Crippen molar-refractivity contribution >= 4 is 43.7 Å². The minimum atomic E-state index is -0.589. The van der Waals surface area contributed by atoms with E-state index in [1.165, 1.54) is 22.3 Å². The number of fused-ring (bicyclic) bond motifs is 16. The van der Waals surface area contributed by atoms with Crippen LogP contribution in [0.5, 0.6) is 11.5 Å². The third-order valence-corrected chi connectivity index (χ3v) is 13.3. The van der Waals surface area contributed by atoms with Gasteiger partial charge in [-0.3, -0.25) is 0 Å². The number of rotatable bonds is 4. The standard InChI is InChI=1S/C58H34N4O2/c1-3-16-35(17-4-1)55-59-56(36-18-5-2-6-19-36)61-57(60-55)42-23-15-29-51-52(42)43-34-37(30-33-49(43)63-51)62-48-27-13-9-22-40(48)41-31-32-47-54(53(41)62)64-50-28-14-12-26-46(50)58(47)44-24-10-7-20-38(44)39-21-8-11-25-45(39)58/h1-34H. The molecule has 0 amide bonds. The molecular weight excluding hydrogens is 785 g/mol. The summed E-state index contributed by atoms with van der Waals surface area (Å²) in [6.45, 7) is 0. The molecule has 9 aromatic carbocycles. The van der Waals surface area contributed by atoms with Crippen molar-refractivity contribution in [2.75, 3.05) is 0 Å². The lowest BCUT2D eigenvalue weighted by Crippen LogP contribution is -2.32. The van der Waals surface area contributed by atoms with Crippen molar-refractivity contribution in [3.05, 3.63) is 229 Å². The highest BCUT2D eigenvalue weighted by Gasteiger charge is 2.51. The van der Waals surface area contributed by atoms with Gasteiger partial charge in [0.15, 0.2) is 23.2 Å². The number of furan rings is 1. The van der Waals surface area contributed by atoms with E-state index >= 15 is 0 Å². The van der Waals surface area contributed by atoms with Gasteiger partial charge in [0.2, 0.25) is 0 Å². The van der Waals surface area contributed by atoms with Gasteiger partial charge < -0.3 is 13.7 Å². The molecule has 6 nitrogen and oxygen atoms in total. The molecule has 0 saturated heterocycles. The summed E-state index contributed by atoms with van der Waals surface area (Å²) in [5.74, 6) is 3.50. The largest absolute Gasteiger partial charge is 0.456 e. The van der Waals surface area contributed by atoms with Crippen LogP contribution in [-0.2, 0) is 5.41 Å². The van der Waals surface area contributed by atoms with Gasteiger partial charge in [-0.1, -0.05) is 170 Å². The molecule has 0 saturated carbocycles. The summed E-state index contributed by atoms with van der Waals surface area (Å²) in [7, 11) is 0. The molecule has 0 atom stereocenters. The lowest BCUT2D eigenvalue weighted by Gasteiger charge is -2.39. The van der Waals surface area contributed by atoms with E-state index in [0.717, 1.165) is 88.7 Å². The lowest BCUT2D eigenvalue weighted by molar-refractivity contribution is 0.440. The normalized spacial score (nSPS) is 13.2. The topological polar surface area (TPSA) is 66.0 Å². The highest BCUT2D eigenvalue weighted by Crippen LogP contribution is 2.63. The Kier molecular flexibility index (Phi) is 7.22. The summed E-state index contributed by atoms with van der Waals surface area (Å²) < 4.78 is 16.3. The Labute approximate surface area is 367 Å². The molecule has 12 aromatic rings. The maximum atomic E-state index is 7.25. The monoisotopic (exact) mass is 818 g/mol. The van der Waals surface area contributed by atoms with Gasteiger partial charge in [-0.05, 0) is 58.7 Å². The van der Waals surface area contributed by atoms with Gasteiger partial charge in [0.05, 0.1) is 16.4 Å². The predicted octanol–water partition coefficient (Wildman–Crippen LogP) is 14.3. The summed E-state index contributed by atoms with van der Waals surface area (Å²) >= 11 is 0. The third-order valence-electron chi connectivity index (χ3n) is 13.3. The van der Waals surface area contributed by atoms with Gasteiger partial charge in [-0.25, -0.2) is 15.0 Å². The first kappa shape index (κ1) is 35.0. The van der Waals surface area contributed by atoms with E-state index in [1.54, 1.807) is 0 Å². The SMILES string of the molecule is c1ccc(-c2nc(-c3ccccc3)nc(-c3cccc4oc5ccc(-n6c7ccccc7c7ccc8c(c76)Oc6ccccc6C86c7ccccc7-c7ccccc76)cc5c34)n2)cc1. The second-order valence-corrected chi connectivity index (χ2v) is 16.6. The zero-order valence-electron chi connectivity index (χ0n) is 34.2. The molecule has 0 fully saturated rings. The molecule has 0 N–H and O–H groups in total. The average molecular weight is 819 g/mol. The van der Waals surface area contributed by atoms with E-state index in [0.29, 0.717) is 17.5 Å². The van der Waals surface area contributed by atoms with Crippen molar-refractivity contribution < 1.29 is 9.15 Å². The number of hydrogen-bond acceptors (Lipinski definition) is 5. The summed E-state index contributed by atoms with van der Waals surface area (Å²) in [5, 5.41) is 4.17. The number of hydrogen-bond donors (Lipinski definition) is 0. The molecule has 2 aliphatic rings. The molecule has 64 heavy (non-hydrogen) atoms. The van der Waals surface area contributed by atoms with E-state index in [-0.39, 0.29) is 0 Å². The fraction of sp³-hybridized carbons (Fsp3) is 0.0172. The van der Waals surface area contributed by atoms with E-state index in [4.69, 9.17) is 24.1 Å². The lowest BCUT2D eigenvalue weighted by atomic mass is 9.66. The third kappa shape index (κ3) is 4.76. The minimum Gasteiger partial charge on any atom is -0.456 e. The second-order valence-electron chi connectivity index (χ2n) is 16.6. The predicted molar refractivity (Wildman–Crippen MR) is 255 cm³/mol. The second kappa shape index (κ2) is 13.2. The van der Waals surface area contributed by atoms with Gasteiger partial charge in [-0.15, -0.1) is 0 Å². The summed E-state index contributed by atoms with van der Waals surface area (Å²) in [4.78, 5) is 15.3. The van der Waals surface area contributed by atoms with Crippen LogP contribution in [0.4, 0.5) is 0 Å². The number of ether oxygens (including phenoxy) is 1. The van der Waals surface area contributed by atoms with E-state index in [9.17, 15) is 0 Å². The Morgan fingerprint density at radius 3 is 1.75 bits per heavy atom. The zero-order valence-corrected chi connectivity index (χ0v) is 34.2. The van der Waals surface area contributed by atoms with Crippen LogP contribution in [0.3, 0.4) is 0 Å². The minimum absolute atomic E-state index is 0.576. The van der Waals surface area contributed by atoms with Gasteiger partial charge in [-0.2, -0.15) is 0 Å². The first-order chi connectivity index (χ1) is 31.7. The molecule has 298 valence electrons. The average Bonchev–Trinajstić information content (AvgIpc) is 4.01. The molecule has 1 spiro atoms. The molecule has 1 aliphatic heterocycles. The van der Waals surface area contributed by atoms with Gasteiger partial charge in [0.1, 0.15) is 16.9 Å². The van der Waals surface area contributed by atoms with Crippen molar-refractivity contribution in [3.63, 3.8) is 0 Å². The summed E-state index contributed by atoms with van der Waals surface area (Å²) in [6, 6.07) is 72.4. The number of benzene rings is 9. The van der Waals surface area contributed by atoms with Gasteiger partial charge in [0.25, 0.3) is 0 Å². The van der Waals surface area contributed by atoms with Crippen LogP contribution in [0.2, 0.25) is 0 Å². The maximum absolute atomic E-state index is 7.25. The van der Waals surface area contributed by atoms with Crippen LogP contribution in [0.15, 0.2) is 211 Å². The fourth-order valence-corrected chi connectivity index (χ4v) is 10.7. The first-order valence-electron chi connectivity index (χ1n) is 21.6. The van der Waals surface area contributed by atoms with Crippen LogP contribution < -0.4 is 4.74 Å². The number of para-hydroxylation sites is 2. The van der Waals surface area contributed by atoms with Crippen molar-refractivity contribution in [2.24, 2.45) is 0 Å². The van der Waals surface area contributed by atoms with Crippen LogP contribution >= 0.6 is 0 Å². The molecule has 6 heteroatoms. The van der Waals surface area contributed by atoms with E-state index < -0.39 is 5.41 Å². The van der Waals surface area contributed by atoms with Gasteiger partial charge >= 0.3 is 0 Å². The quantitative estimate of drug-likeness (QED) is 0.177. The Bertz CT molecular complexity index is 3780. The van der Waals surface area contributed by atoms with E-state index in [1.807, 2.05) is 72.8 Å². The Hall–Kier alpha value is -8.61. The van der Waals surface area contributed by atoms with Crippen molar-refractivity contribution in [1.82, 2.24) is 19.5 Å². The molecule has 14 rings (SSSR count). The highest BCUT2D eigenvalue weighted by molar-refractivity contribution is 6.15. The zero-order chi connectivity index (χ0) is 41.9. The molecule has 4 heterocycles. The molecule has 0 unspecified atom stereocenters. The Morgan fingerprint density at radius 2 is 1.02 bits per heavy atom. The smallest absolute Gasteiger partial charge is 0.164 e. The number of aromatic nitrogens is 4. The van der Waals surface area contributed by atoms with Crippen molar-refractivity contribution in [3.8, 4) is 62.5 Å². The van der Waals surface area contributed by atoms with Gasteiger partial charge in [0, 0.05) is 55.0 Å². The fourth-order valence-electron chi connectivity index (χ4n) is 10.7. The van der Waals surface area contributed by atoms with Crippen LogP contribution in [0, 0.1) is 0 Å². The van der Waals surface area contributed by atoms with E-state index in [2.05, 4.69) is 138 Å². The van der Waals surface area contributed by atoms with Crippen molar-refractivity contribution in [2.45, 2.75) is 5.41 Å². The van der Waals surface area contributed by atoms with Crippen molar-refractivity contribution in [1.29, 1.82) is 0 Å². The maximum Gasteiger partial charge on any atom is 0.164 e. The van der Waals surface area contributed by atoms with Crippen LogP contribution in [0.25, 0.3) is 94.7 Å². The highest BCUT2D eigenvalue weighted by atomic mass is 16.5. The summed E-state index contributed by atoms with van der Waals surface area (Å²) in [5.41, 5.74) is 14.0. The first-order valence-corrected chi connectivity index (χ1v) is 21.6. The molecule has 0 bridgehead atoms. The Morgan fingerprint density at radius 1 is 0.406 bits per heavy atom. The van der Waals surface area contributed by atoms with Crippen LogP contribution in [-0.4, -0.2) is 19.5 Å². The molecular formula is C58H34N4O2. The molecule has 1 aliphatic carbocycles. The molecule has 0 radical (unpaired) electrons. The molecule has 3 aromatic heterocycles.